The van der Waals surface area contributed by atoms with Gasteiger partial charge in [0.25, 0.3) is 0 Å². The van der Waals surface area contributed by atoms with Gasteiger partial charge in [-0.15, -0.1) is 0 Å². The highest BCUT2D eigenvalue weighted by Crippen LogP contribution is 2.32. The summed E-state index contributed by atoms with van der Waals surface area (Å²) in [5.74, 6) is 0.812. The van der Waals surface area contributed by atoms with Crippen LogP contribution in [0.15, 0.2) is 63.5 Å². The molecule has 0 saturated heterocycles. The average molecular weight is 464 g/mol. The van der Waals surface area contributed by atoms with Crippen LogP contribution in [0.4, 0.5) is 0 Å². The Morgan fingerprint density at radius 3 is 2.24 bits per heavy atom. The third-order valence-electron chi connectivity index (χ3n) is 3.56. The maximum atomic E-state index is 12.5. The van der Waals surface area contributed by atoms with Crippen molar-refractivity contribution >= 4 is 48.6 Å². The first-order valence-electron chi connectivity index (χ1n) is 7.81. The van der Waals surface area contributed by atoms with Gasteiger partial charge in [0.15, 0.2) is 0 Å². The minimum absolute atomic E-state index is 0.0585. The molecule has 0 aliphatic heterocycles. The Labute approximate surface area is 163 Å². The molecular weight excluding hydrogens is 448 g/mol. The second-order valence-electron chi connectivity index (χ2n) is 5.79. The van der Waals surface area contributed by atoms with Crippen LogP contribution in [0.3, 0.4) is 0 Å². The van der Waals surface area contributed by atoms with E-state index < -0.39 is 5.97 Å². The molecule has 5 heteroatoms. The van der Waals surface area contributed by atoms with E-state index in [2.05, 4.69) is 31.9 Å². The van der Waals surface area contributed by atoms with Gasteiger partial charge in [-0.2, -0.15) is 0 Å². The molecule has 3 nitrogen and oxygen atoms in total. The van der Waals surface area contributed by atoms with Crippen LogP contribution >= 0.6 is 31.9 Å². The van der Waals surface area contributed by atoms with E-state index in [0.29, 0.717) is 17.1 Å². The number of hydrogen-bond donors (Lipinski definition) is 0. The molecule has 0 heterocycles. The summed E-state index contributed by atoms with van der Waals surface area (Å²) < 4.78 is 13.0. The highest BCUT2D eigenvalue weighted by molar-refractivity contribution is 9.11. The maximum absolute atomic E-state index is 12.5. The zero-order valence-corrected chi connectivity index (χ0v) is 16.9. The smallest absolute Gasteiger partial charge is 0.343 e. The van der Waals surface area contributed by atoms with Crippen LogP contribution < -0.4 is 9.47 Å². The molecule has 0 bridgehead atoms. The fourth-order valence-corrected chi connectivity index (χ4v) is 3.41. The van der Waals surface area contributed by atoms with E-state index in [9.17, 15) is 4.79 Å². The number of carbonyl (C=O) groups is 1. The molecule has 0 aliphatic carbocycles. The van der Waals surface area contributed by atoms with Gasteiger partial charge in [-0.3, -0.25) is 0 Å². The molecule has 25 heavy (non-hydrogen) atoms. The van der Waals surface area contributed by atoms with E-state index in [0.717, 1.165) is 19.7 Å². The summed E-state index contributed by atoms with van der Waals surface area (Å²) in [6.07, 6.45) is 0.0585. The van der Waals surface area contributed by atoms with Crippen molar-refractivity contribution in [2.75, 3.05) is 0 Å². The second kappa shape index (κ2) is 7.58. The predicted molar refractivity (Wildman–Crippen MR) is 107 cm³/mol. The lowest BCUT2D eigenvalue weighted by Crippen LogP contribution is -2.10. The third kappa shape index (κ3) is 4.05. The Balaban J connectivity index is 1.88. The first-order valence-corrected chi connectivity index (χ1v) is 9.40. The van der Waals surface area contributed by atoms with E-state index in [1.54, 1.807) is 24.3 Å². The van der Waals surface area contributed by atoms with Gasteiger partial charge in [0.2, 0.25) is 0 Å². The van der Waals surface area contributed by atoms with Crippen molar-refractivity contribution in [2.24, 2.45) is 0 Å². The topological polar surface area (TPSA) is 35.5 Å². The molecule has 0 N–H and O–H groups in total. The summed E-state index contributed by atoms with van der Waals surface area (Å²) in [5, 5.41) is 1.87. The number of ether oxygens (including phenoxy) is 2. The molecule has 3 rings (SSSR count). The van der Waals surface area contributed by atoms with Crippen LogP contribution in [0, 0.1) is 0 Å². The Bertz CT molecular complexity index is 935. The van der Waals surface area contributed by atoms with Gasteiger partial charge in [-0.05, 0) is 65.5 Å². The number of benzene rings is 3. The van der Waals surface area contributed by atoms with Crippen LogP contribution in [0.1, 0.15) is 24.2 Å². The van der Waals surface area contributed by atoms with E-state index in [1.807, 2.05) is 44.2 Å². The third-order valence-corrected chi connectivity index (χ3v) is 4.87. The lowest BCUT2D eigenvalue weighted by atomic mass is 10.1. The van der Waals surface area contributed by atoms with Crippen molar-refractivity contribution in [3.8, 4) is 11.5 Å². The molecule has 0 radical (unpaired) electrons. The molecular formula is C20H16Br2O3. The van der Waals surface area contributed by atoms with Gasteiger partial charge in [0.05, 0.1) is 16.1 Å². The second-order valence-corrected chi connectivity index (χ2v) is 7.50. The molecule has 3 aromatic rings. The number of fused-ring (bicyclic) bond motifs is 1. The largest absolute Gasteiger partial charge is 0.490 e. The average Bonchev–Trinajstić information content (AvgIpc) is 2.59. The first kappa shape index (κ1) is 18.0. The Hall–Kier alpha value is -1.85. The lowest BCUT2D eigenvalue weighted by Gasteiger charge is -2.13. The summed E-state index contributed by atoms with van der Waals surface area (Å²) in [7, 11) is 0. The van der Waals surface area contributed by atoms with E-state index in [4.69, 9.17) is 9.47 Å². The fourth-order valence-electron chi connectivity index (χ4n) is 2.46. The van der Waals surface area contributed by atoms with E-state index in [-0.39, 0.29) is 6.10 Å². The number of halogens is 2. The Morgan fingerprint density at radius 1 is 0.880 bits per heavy atom. The van der Waals surface area contributed by atoms with Crippen molar-refractivity contribution in [3.63, 3.8) is 0 Å². The van der Waals surface area contributed by atoms with Crippen LogP contribution in [0.5, 0.6) is 11.5 Å². The van der Waals surface area contributed by atoms with Gasteiger partial charge < -0.3 is 9.47 Å². The summed E-state index contributed by atoms with van der Waals surface area (Å²) in [5.41, 5.74) is 0.454. The maximum Gasteiger partial charge on any atom is 0.343 e. The van der Waals surface area contributed by atoms with Crippen LogP contribution in [-0.4, -0.2) is 12.1 Å². The van der Waals surface area contributed by atoms with Gasteiger partial charge in [0, 0.05) is 9.86 Å². The summed E-state index contributed by atoms with van der Waals surface area (Å²) in [6, 6.07) is 16.6. The Kier molecular flexibility index (Phi) is 5.45. The molecule has 0 aliphatic rings. The quantitative estimate of drug-likeness (QED) is 0.333. The molecule has 0 unspecified atom stereocenters. The van der Waals surface area contributed by atoms with Crippen molar-refractivity contribution in [2.45, 2.75) is 20.0 Å². The molecule has 3 aromatic carbocycles. The normalized spacial score (nSPS) is 10.9. The number of esters is 1. The van der Waals surface area contributed by atoms with Crippen LogP contribution in [0.2, 0.25) is 0 Å². The van der Waals surface area contributed by atoms with E-state index >= 15 is 0 Å². The molecule has 128 valence electrons. The van der Waals surface area contributed by atoms with Gasteiger partial charge in [-0.25, -0.2) is 4.79 Å². The highest BCUT2D eigenvalue weighted by atomic mass is 79.9. The number of rotatable bonds is 4. The fraction of sp³-hybridized carbons (Fsp3) is 0.150. The standard InChI is InChI=1S/C20H16Br2O3/c1-12(2)24-19-9-7-13(11-17(19)22)20(23)25-18-10-8-16(21)14-5-3-4-6-15(14)18/h3-12H,1-2H3. The zero-order valence-electron chi connectivity index (χ0n) is 13.8. The van der Waals surface area contributed by atoms with Crippen molar-refractivity contribution in [1.29, 1.82) is 0 Å². The SMILES string of the molecule is CC(C)Oc1ccc(C(=O)Oc2ccc(Br)c3ccccc23)cc1Br. The molecule has 0 aromatic heterocycles. The number of carbonyl (C=O) groups excluding carboxylic acids is 1. The van der Waals surface area contributed by atoms with Gasteiger partial charge in [-0.1, -0.05) is 40.2 Å². The first-order chi connectivity index (χ1) is 12.0. The van der Waals surface area contributed by atoms with Gasteiger partial charge >= 0.3 is 5.97 Å². The lowest BCUT2D eigenvalue weighted by molar-refractivity contribution is 0.0737. The highest BCUT2D eigenvalue weighted by Gasteiger charge is 2.14. The molecule has 0 saturated carbocycles. The minimum atomic E-state index is -0.413. The zero-order chi connectivity index (χ0) is 18.0. The monoisotopic (exact) mass is 462 g/mol. The summed E-state index contributed by atoms with van der Waals surface area (Å²) in [4.78, 5) is 12.5. The predicted octanol–water partition coefficient (Wildman–Crippen LogP) is 6.37. The molecule has 0 amide bonds. The number of hydrogen-bond acceptors (Lipinski definition) is 3. The minimum Gasteiger partial charge on any atom is -0.490 e. The van der Waals surface area contributed by atoms with E-state index in [1.165, 1.54) is 0 Å². The van der Waals surface area contributed by atoms with Crippen molar-refractivity contribution in [1.82, 2.24) is 0 Å². The van der Waals surface area contributed by atoms with Gasteiger partial charge in [0.1, 0.15) is 11.5 Å². The Morgan fingerprint density at radius 2 is 1.56 bits per heavy atom. The van der Waals surface area contributed by atoms with Crippen molar-refractivity contribution < 1.29 is 14.3 Å². The van der Waals surface area contributed by atoms with Crippen LogP contribution in [-0.2, 0) is 0 Å². The summed E-state index contributed by atoms with van der Waals surface area (Å²) >= 11 is 6.96. The molecule has 0 fully saturated rings. The summed E-state index contributed by atoms with van der Waals surface area (Å²) in [6.45, 7) is 3.90. The molecule has 0 spiro atoms. The van der Waals surface area contributed by atoms with Crippen molar-refractivity contribution in [3.05, 3.63) is 69.1 Å². The molecule has 0 atom stereocenters. The van der Waals surface area contributed by atoms with Crippen LogP contribution in [0.25, 0.3) is 10.8 Å².